The van der Waals surface area contributed by atoms with Crippen LogP contribution in [0.2, 0.25) is 0 Å². The SMILES string of the molecule is Cc1cc(C)c(CC2CNC(=O)O2)c(C)c1. The molecule has 1 aliphatic heterocycles. The molecule has 1 N–H and O–H groups in total. The predicted octanol–water partition coefficient (Wildman–Crippen LogP) is 2.26. The van der Waals surface area contributed by atoms with E-state index in [4.69, 9.17) is 4.74 Å². The minimum Gasteiger partial charge on any atom is -0.444 e. The van der Waals surface area contributed by atoms with Crippen molar-refractivity contribution in [3.8, 4) is 0 Å². The van der Waals surface area contributed by atoms with E-state index in [0.717, 1.165) is 6.42 Å². The molecule has 0 aliphatic carbocycles. The van der Waals surface area contributed by atoms with Crippen LogP contribution in [0.3, 0.4) is 0 Å². The van der Waals surface area contributed by atoms with E-state index in [2.05, 4.69) is 38.2 Å². The molecule has 1 aromatic carbocycles. The van der Waals surface area contributed by atoms with Crippen LogP contribution in [0.5, 0.6) is 0 Å². The number of hydrogen-bond acceptors (Lipinski definition) is 2. The maximum atomic E-state index is 10.9. The predicted molar refractivity (Wildman–Crippen MR) is 62.6 cm³/mol. The third-order valence-electron chi connectivity index (χ3n) is 3.02. The second-order valence-electron chi connectivity index (χ2n) is 4.49. The Bertz CT molecular complexity index is 403. The fourth-order valence-electron chi connectivity index (χ4n) is 2.31. The van der Waals surface area contributed by atoms with Crippen molar-refractivity contribution in [3.05, 3.63) is 34.4 Å². The average Bonchev–Trinajstić information content (AvgIpc) is 2.58. The summed E-state index contributed by atoms with van der Waals surface area (Å²) in [5.41, 5.74) is 5.13. The van der Waals surface area contributed by atoms with E-state index in [1.165, 1.54) is 22.3 Å². The van der Waals surface area contributed by atoms with Crippen LogP contribution in [0.25, 0.3) is 0 Å². The van der Waals surface area contributed by atoms with E-state index in [0.29, 0.717) is 6.54 Å². The van der Waals surface area contributed by atoms with Gasteiger partial charge in [-0.25, -0.2) is 4.79 Å². The number of nitrogens with one attached hydrogen (secondary N) is 1. The van der Waals surface area contributed by atoms with Gasteiger partial charge in [0.15, 0.2) is 0 Å². The topological polar surface area (TPSA) is 38.3 Å². The zero-order valence-electron chi connectivity index (χ0n) is 9.96. The molecule has 86 valence electrons. The van der Waals surface area contributed by atoms with Crippen molar-refractivity contribution in [2.75, 3.05) is 6.54 Å². The van der Waals surface area contributed by atoms with E-state index in [1.807, 2.05) is 0 Å². The second kappa shape index (κ2) is 4.16. The van der Waals surface area contributed by atoms with Crippen molar-refractivity contribution in [3.63, 3.8) is 0 Å². The van der Waals surface area contributed by atoms with Crippen LogP contribution < -0.4 is 5.32 Å². The first-order chi connectivity index (χ1) is 7.56. The van der Waals surface area contributed by atoms with Gasteiger partial charge in [-0.15, -0.1) is 0 Å². The van der Waals surface area contributed by atoms with Gasteiger partial charge in [-0.1, -0.05) is 17.7 Å². The number of hydrogen-bond donors (Lipinski definition) is 1. The Morgan fingerprint density at radius 2 is 1.94 bits per heavy atom. The lowest BCUT2D eigenvalue weighted by atomic mass is 9.95. The zero-order valence-corrected chi connectivity index (χ0v) is 9.96. The largest absolute Gasteiger partial charge is 0.444 e. The van der Waals surface area contributed by atoms with E-state index in [1.54, 1.807) is 0 Å². The maximum Gasteiger partial charge on any atom is 0.407 e. The number of carbonyl (C=O) groups excluding carboxylic acids is 1. The molecule has 1 aliphatic rings. The van der Waals surface area contributed by atoms with Crippen LogP contribution in [0.4, 0.5) is 4.79 Å². The molecule has 3 heteroatoms. The lowest BCUT2D eigenvalue weighted by molar-refractivity contribution is 0.140. The maximum absolute atomic E-state index is 10.9. The summed E-state index contributed by atoms with van der Waals surface area (Å²) in [6, 6.07) is 4.35. The van der Waals surface area contributed by atoms with Crippen molar-refractivity contribution in [2.45, 2.75) is 33.3 Å². The number of carbonyl (C=O) groups is 1. The molecule has 2 rings (SSSR count). The molecule has 0 radical (unpaired) electrons. The molecular weight excluding hydrogens is 202 g/mol. The molecule has 1 fully saturated rings. The molecule has 0 spiro atoms. The number of amides is 1. The van der Waals surface area contributed by atoms with Crippen LogP contribution in [-0.4, -0.2) is 18.7 Å². The van der Waals surface area contributed by atoms with Gasteiger partial charge in [0.25, 0.3) is 0 Å². The van der Waals surface area contributed by atoms with E-state index < -0.39 is 0 Å². The third-order valence-corrected chi connectivity index (χ3v) is 3.02. The normalized spacial score (nSPS) is 19.4. The summed E-state index contributed by atoms with van der Waals surface area (Å²) in [5, 5.41) is 2.68. The first kappa shape index (κ1) is 11.0. The van der Waals surface area contributed by atoms with Crippen LogP contribution in [0, 0.1) is 20.8 Å². The summed E-state index contributed by atoms with van der Waals surface area (Å²) >= 11 is 0. The van der Waals surface area contributed by atoms with E-state index in [-0.39, 0.29) is 12.2 Å². The monoisotopic (exact) mass is 219 g/mol. The molecular formula is C13H17NO2. The summed E-state index contributed by atoms with van der Waals surface area (Å²) in [7, 11) is 0. The first-order valence-electron chi connectivity index (χ1n) is 5.57. The Hall–Kier alpha value is -1.51. The molecule has 0 saturated carbocycles. The molecule has 1 saturated heterocycles. The number of rotatable bonds is 2. The standard InChI is InChI=1S/C13H17NO2/c1-8-4-9(2)12(10(3)5-8)6-11-7-14-13(15)16-11/h4-5,11H,6-7H2,1-3H3,(H,14,15). The van der Waals surface area contributed by atoms with Crippen LogP contribution in [0.1, 0.15) is 22.3 Å². The number of cyclic esters (lactones) is 1. The van der Waals surface area contributed by atoms with Gasteiger partial charge in [-0.3, -0.25) is 0 Å². The first-order valence-corrected chi connectivity index (χ1v) is 5.57. The van der Waals surface area contributed by atoms with Crippen molar-refractivity contribution in [2.24, 2.45) is 0 Å². The molecule has 0 bridgehead atoms. The summed E-state index contributed by atoms with van der Waals surface area (Å²) in [6.45, 7) is 6.94. The molecule has 1 amide bonds. The van der Waals surface area contributed by atoms with Gasteiger partial charge >= 0.3 is 6.09 Å². The van der Waals surface area contributed by atoms with Gasteiger partial charge in [0, 0.05) is 6.42 Å². The van der Waals surface area contributed by atoms with Gasteiger partial charge in [-0.2, -0.15) is 0 Å². The van der Waals surface area contributed by atoms with Crippen molar-refractivity contribution in [1.82, 2.24) is 5.32 Å². The average molecular weight is 219 g/mol. The molecule has 1 aromatic rings. The van der Waals surface area contributed by atoms with Crippen LogP contribution in [-0.2, 0) is 11.2 Å². The van der Waals surface area contributed by atoms with Crippen LogP contribution in [0.15, 0.2) is 12.1 Å². The van der Waals surface area contributed by atoms with E-state index >= 15 is 0 Å². The second-order valence-corrected chi connectivity index (χ2v) is 4.49. The summed E-state index contributed by atoms with van der Waals surface area (Å²) < 4.78 is 5.16. The van der Waals surface area contributed by atoms with Crippen molar-refractivity contribution >= 4 is 6.09 Å². The zero-order chi connectivity index (χ0) is 11.7. The van der Waals surface area contributed by atoms with Gasteiger partial charge < -0.3 is 10.1 Å². The van der Waals surface area contributed by atoms with Gasteiger partial charge in [0.05, 0.1) is 6.54 Å². The molecule has 3 nitrogen and oxygen atoms in total. The summed E-state index contributed by atoms with van der Waals surface area (Å²) in [5.74, 6) is 0. The lowest BCUT2D eigenvalue weighted by Crippen LogP contribution is -2.18. The van der Waals surface area contributed by atoms with Crippen LogP contribution >= 0.6 is 0 Å². The smallest absolute Gasteiger partial charge is 0.407 e. The minimum atomic E-state index is -0.299. The van der Waals surface area contributed by atoms with Crippen molar-refractivity contribution < 1.29 is 9.53 Å². The summed E-state index contributed by atoms with van der Waals surface area (Å²) in [4.78, 5) is 10.9. The van der Waals surface area contributed by atoms with E-state index in [9.17, 15) is 4.79 Å². The van der Waals surface area contributed by atoms with Gasteiger partial charge in [0.2, 0.25) is 0 Å². The Balaban J connectivity index is 2.18. The number of alkyl carbamates (subject to hydrolysis) is 1. The Labute approximate surface area is 95.8 Å². The Morgan fingerprint density at radius 1 is 1.31 bits per heavy atom. The fourth-order valence-corrected chi connectivity index (χ4v) is 2.31. The highest BCUT2D eigenvalue weighted by molar-refractivity contribution is 5.69. The minimum absolute atomic E-state index is 0.0207. The highest BCUT2D eigenvalue weighted by atomic mass is 16.6. The quantitative estimate of drug-likeness (QED) is 0.828. The summed E-state index contributed by atoms with van der Waals surface area (Å²) in [6.07, 6.45) is 0.483. The lowest BCUT2D eigenvalue weighted by Gasteiger charge is -2.14. The Morgan fingerprint density at radius 3 is 2.44 bits per heavy atom. The molecule has 1 atom stereocenters. The molecule has 16 heavy (non-hydrogen) atoms. The van der Waals surface area contributed by atoms with Crippen molar-refractivity contribution in [1.29, 1.82) is 0 Å². The number of aryl methyl sites for hydroxylation is 3. The molecule has 1 heterocycles. The number of benzene rings is 1. The Kier molecular flexibility index (Phi) is 2.86. The van der Waals surface area contributed by atoms with Gasteiger partial charge in [0.1, 0.15) is 6.10 Å². The molecule has 0 aromatic heterocycles. The third kappa shape index (κ3) is 2.18. The number of ether oxygens (including phenoxy) is 1. The fraction of sp³-hybridized carbons (Fsp3) is 0.462. The highest BCUT2D eigenvalue weighted by Gasteiger charge is 2.23. The molecule has 1 unspecified atom stereocenters. The van der Waals surface area contributed by atoms with Gasteiger partial charge in [-0.05, 0) is 37.5 Å². The highest BCUT2D eigenvalue weighted by Crippen LogP contribution is 2.19.